The first-order chi connectivity index (χ1) is 9.37. The van der Waals surface area contributed by atoms with Crippen molar-refractivity contribution in [3.05, 3.63) is 30.1 Å². The summed E-state index contributed by atoms with van der Waals surface area (Å²) in [5, 5.41) is 13.6. The molecular formula is C17H26FNO. The van der Waals surface area contributed by atoms with Crippen LogP contribution in [0.3, 0.4) is 0 Å². The quantitative estimate of drug-likeness (QED) is 0.869. The summed E-state index contributed by atoms with van der Waals surface area (Å²) in [6.07, 6.45) is 4.43. The molecule has 112 valence electrons. The lowest BCUT2D eigenvalue weighted by atomic mass is 9.62. The number of hydrogen-bond acceptors (Lipinski definition) is 2. The fourth-order valence-corrected chi connectivity index (χ4v) is 3.70. The van der Waals surface area contributed by atoms with Crippen molar-refractivity contribution >= 4 is 5.69 Å². The molecule has 2 N–H and O–H groups in total. The molecule has 0 amide bonds. The van der Waals surface area contributed by atoms with Crippen LogP contribution < -0.4 is 5.32 Å². The van der Waals surface area contributed by atoms with Gasteiger partial charge in [0.05, 0.1) is 12.1 Å². The maximum Gasteiger partial charge on any atom is 0.123 e. The second kappa shape index (κ2) is 5.72. The van der Waals surface area contributed by atoms with Crippen molar-refractivity contribution in [1.29, 1.82) is 0 Å². The van der Waals surface area contributed by atoms with E-state index < -0.39 is 0 Å². The van der Waals surface area contributed by atoms with Crippen LogP contribution in [-0.4, -0.2) is 17.3 Å². The number of rotatable bonds is 3. The normalized spacial score (nSPS) is 27.4. The van der Waals surface area contributed by atoms with E-state index in [2.05, 4.69) is 26.1 Å². The van der Waals surface area contributed by atoms with Gasteiger partial charge in [0.25, 0.3) is 0 Å². The molecule has 20 heavy (non-hydrogen) atoms. The van der Waals surface area contributed by atoms with Crippen LogP contribution in [0.2, 0.25) is 0 Å². The van der Waals surface area contributed by atoms with Gasteiger partial charge in [0.15, 0.2) is 0 Å². The second-order valence-corrected chi connectivity index (χ2v) is 7.11. The van der Waals surface area contributed by atoms with Crippen molar-refractivity contribution in [2.24, 2.45) is 11.3 Å². The van der Waals surface area contributed by atoms with Crippen LogP contribution in [0.1, 0.15) is 46.5 Å². The van der Waals surface area contributed by atoms with Crippen molar-refractivity contribution in [2.75, 3.05) is 11.9 Å². The zero-order valence-electron chi connectivity index (χ0n) is 12.7. The summed E-state index contributed by atoms with van der Waals surface area (Å²) in [5.41, 5.74) is 0.724. The van der Waals surface area contributed by atoms with E-state index in [0.717, 1.165) is 24.9 Å². The Labute approximate surface area is 121 Å². The van der Waals surface area contributed by atoms with Gasteiger partial charge >= 0.3 is 0 Å². The topological polar surface area (TPSA) is 32.3 Å². The highest BCUT2D eigenvalue weighted by Gasteiger charge is 2.45. The van der Waals surface area contributed by atoms with Gasteiger partial charge < -0.3 is 10.4 Å². The molecule has 3 heteroatoms. The van der Waals surface area contributed by atoms with Crippen LogP contribution >= 0.6 is 0 Å². The molecule has 2 unspecified atom stereocenters. The van der Waals surface area contributed by atoms with Crippen LogP contribution in [0.25, 0.3) is 0 Å². The molecule has 1 fully saturated rings. The van der Waals surface area contributed by atoms with Gasteiger partial charge in [-0.25, -0.2) is 4.39 Å². The van der Waals surface area contributed by atoms with E-state index in [0.29, 0.717) is 5.92 Å². The second-order valence-electron chi connectivity index (χ2n) is 7.11. The molecular weight excluding hydrogens is 253 g/mol. The SMILES string of the molecule is CC(C)(C)C1CCCCC1(CO)Nc1ccc(F)cc1. The first kappa shape index (κ1) is 15.3. The lowest BCUT2D eigenvalue weighted by Crippen LogP contribution is -2.55. The van der Waals surface area contributed by atoms with Gasteiger partial charge in [-0.2, -0.15) is 0 Å². The number of aliphatic hydroxyl groups excluding tert-OH is 1. The maximum atomic E-state index is 13.0. The lowest BCUT2D eigenvalue weighted by molar-refractivity contribution is 0.0484. The number of hydrogen-bond donors (Lipinski definition) is 2. The van der Waals surface area contributed by atoms with Gasteiger partial charge in [0.2, 0.25) is 0 Å². The monoisotopic (exact) mass is 279 g/mol. The number of benzene rings is 1. The zero-order valence-corrected chi connectivity index (χ0v) is 12.7. The highest BCUT2D eigenvalue weighted by atomic mass is 19.1. The average Bonchev–Trinajstić information content (AvgIpc) is 2.41. The third kappa shape index (κ3) is 3.14. The van der Waals surface area contributed by atoms with Gasteiger partial charge in [-0.3, -0.25) is 0 Å². The number of nitrogens with one attached hydrogen (secondary N) is 1. The molecule has 0 saturated heterocycles. The molecule has 1 aromatic rings. The van der Waals surface area contributed by atoms with E-state index in [1.165, 1.54) is 18.6 Å². The molecule has 0 spiro atoms. The Kier molecular flexibility index (Phi) is 4.38. The van der Waals surface area contributed by atoms with E-state index in [-0.39, 0.29) is 23.4 Å². The Morgan fingerprint density at radius 2 is 1.90 bits per heavy atom. The predicted octanol–water partition coefficient (Wildman–Crippen LogP) is 4.21. The Morgan fingerprint density at radius 1 is 1.25 bits per heavy atom. The predicted molar refractivity (Wildman–Crippen MR) is 81.3 cm³/mol. The molecule has 0 radical (unpaired) electrons. The first-order valence-corrected chi connectivity index (χ1v) is 7.52. The summed E-state index contributed by atoms with van der Waals surface area (Å²) in [6.45, 7) is 6.82. The van der Waals surface area contributed by atoms with E-state index in [9.17, 15) is 9.50 Å². The molecule has 0 aromatic heterocycles. The molecule has 2 atom stereocenters. The van der Waals surface area contributed by atoms with Crippen molar-refractivity contribution in [1.82, 2.24) is 0 Å². The minimum absolute atomic E-state index is 0.117. The van der Waals surface area contributed by atoms with Crippen LogP contribution in [0, 0.1) is 17.2 Å². The highest BCUT2D eigenvalue weighted by Crippen LogP contribution is 2.45. The van der Waals surface area contributed by atoms with Gasteiger partial charge in [-0.05, 0) is 48.4 Å². The third-order valence-corrected chi connectivity index (χ3v) is 4.60. The average molecular weight is 279 g/mol. The summed E-state index contributed by atoms with van der Waals surface area (Å²) in [4.78, 5) is 0. The fraction of sp³-hybridized carbons (Fsp3) is 0.647. The summed E-state index contributed by atoms with van der Waals surface area (Å²) >= 11 is 0. The summed E-state index contributed by atoms with van der Waals surface area (Å²) in [7, 11) is 0. The summed E-state index contributed by atoms with van der Waals surface area (Å²) < 4.78 is 13.0. The number of anilines is 1. The van der Waals surface area contributed by atoms with Crippen molar-refractivity contribution in [2.45, 2.75) is 52.0 Å². The Balaban J connectivity index is 2.27. The van der Waals surface area contributed by atoms with Gasteiger partial charge in [0, 0.05) is 5.69 Å². The Hall–Kier alpha value is -1.09. The molecule has 1 aliphatic carbocycles. The fourth-order valence-electron chi connectivity index (χ4n) is 3.70. The minimum atomic E-state index is -0.297. The highest BCUT2D eigenvalue weighted by molar-refractivity contribution is 5.46. The van der Waals surface area contributed by atoms with Crippen LogP contribution in [-0.2, 0) is 0 Å². The molecule has 0 bridgehead atoms. The molecule has 1 aliphatic rings. The molecule has 1 saturated carbocycles. The number of halogens is 1. The van der Waals surface area contributed by atoms with E-state index in [1.54, 1.807) is 12.1 Å². The Morgan fingerprint density at radius 3 is 2.45 bits per heavy atom. The van der Waals surface area contributed by atoms with Crippen LogP contribution in [0.15, 0.2) is 24.3 Å². The lowest BCUT2D eigenvalue weighted by Gasteiger charge is -2.50. The Bertz CT molecular complexity index is 437. The van der Waals surface area contributed by atoms with E-state index >= 15 is 0 Å². The summed E-state index contributed by atoms with van der Waals surface area (Å²) in [5.74, 6) is 0.170. The largest absolute Gasteiger partial charge is 0.394 e. The summed E-state index contributed by atoms with van der Waals surface area (Å²) in [6, 6.07) is 6.42. The zero-order chi connectivity index (χ0) is 14.8. The first-order valence-electron chi connectivity index (χ1n) is 7.52. The molecule has 2 rings (SSSR count). The minimum Gasteiger partial charge on any atom is -0.394 e. The standard InChI is InChI=1S/C17H26FNO/c1-16(2,3)15-6-4-5-11-17(15,12-20)19-14-9-7-13(18)8-10-14/h7-10,15,19-20H,4-6,11-12H2,1-3H3. The van der Waals surface area contributed by atoms with Crippen LogP contribution in [0.4, 0.5) is 10.1 Å². The van der Waals surface area contributed by atoms with Crippen molar-refractivity contribution < 1.29 is 9.50 Å². The number of aliphatic hydroxyl groups is 1. The van der Waals surface area contributed by atoms with Gasteiger partial charge in [-0.15, -0.1) is 0 Å². The third-order valence-electron chi connectivity index (χ3n) is 4.60. The van der Waals surface area contributed by atoms with E-state index in [1.807, 2.05) is 0 Å². The van der Waals surface area contributed by atoms with Crippen molar-refractivity contribution in [3.63, 3.8) is 0 Å². The van der Waals surface area contributed by atoms with E-state index in [4.69, 9.17) is 0 Å². The van der Waals surface area contributed by atoms with Gasteiger partial charge in [0.1, 0.15) is 5.82 Å². The molecule has 0 aliphatic heterocycles. The molecule has 1 aromatic carbocycles. The smallest absolute Gasteiger partial charge is 0.123 e. The van der Waals surface area contributed by atoms with Gasteiger partial charge in [-0.1, -0.05) is 33.6 Å². The van der Waals surface area contributed by atoms with Crippen LogP contribution in [0.5, 0.6) is 0 Å². The maximum absolute atomic E-state index is 13.0. The van der Waals surface area contributed by atoms with Crippen molar-refractivity contribution in [3.8, 4) is 0 Å². The molecule has 2 nitrogen and oxygen atoms in total. The molecule has 0 heterocycles.